The van der Waals surface area contributed by atoms with E-state index < -0.39 is 5.63 Å². The minimum atomic E-state index is -0.599. The highest BCUT2D eigenvalue weighted by Gasteiger charge is 2.14. The highest BCUT2D eigenvalue weighted by Crippen LogP contribution is 2.22. The number of alkyl carbamates (subject to hydrolysis) is 1. The lowest BCUT2D eigenvalue weighted by Crippen LogP contribution is -2.29. The third kappa shape index (κ3) is 13.5. The third-order valence-electron chi connectivity index (χ3n) is 7.48. The summed E-state index contributed by atoms with van der Waals surface area (Å²) in [6.45, 7) is 9.83. The Hall–Kier alpha value is -3.03. The fourth-order valence-electron chi connectivity index (χ4n) is 4.94. The Morgan fingerprint density at radius 1 is 0.756 bits per heavy atom. The smallest absolute Gasteiger partial charge is 0.407 e. The van der Waals surface area contributed by atoms with Crippen LogP contribution in [-0.2, 0) is 4.74 Å². The van der Waals surface area contributed by atoms with Crippen molar-refractivity contribution in [3.8, 4) is 0 Å². The molecule has 1 heterocycles. The molecule has 2 rings (SSSR count). The number of benzene rings is 1. The standard InChI is InChI=1S/C33H53N3O5/c1-4-7-8-17-23-35-33(39)40-24-19-16-14-12-10-9-11-13-15-18-22-34-31(37)29-25-27-20-21-28(36(5-2)6-3)26-30(27)41-32(29)38/h20-21,25-26H,4-19,22-24H2,1-3H3,(H,34,37)(H,35,39). The second-order valence-corrected chi connectivity index (χ2v) is 10.8. The van der Waals surface area contributed by atoms with Crippen LogP contribution in [0.3, 0.4) is 0 Å². The summed E-state index contributed by atoms with van der Waals surface area (Å²) in [6.07, 6.45) is 15.4. The lowest BCUT2D eigenvalue weighted by Gasteiger charge is -2.21. The number of hydrogen-bond acceptors (Lipinski definition) is 6. The molecule has 41 heavy (non-hydrogen) atoms. The number of rotatable bonds is 22. The zero-order valence-corrected chi connectivity index (χ0v) is 25.7. The predicted octanol–water partition coefficient (Wildman–Crippen LogP) is 7.58. The van der Waals surface area contributed by atoms with E-state index in [4.69, 9.17) is 9.15 Å². The van der Waals surface area contributed by atoms with Gasteiger partial charge in [-0.15, -0.1) is 0 Å². The molecule has 2 amide bonds. The quantitative estimate of drug-likeness (QED) is 0.112. The molecule has 2 aromatic rings. The van der Waals surface area contributed by atoms with Crippen LogP contribution in [0, 0.1) is 0 Å². The molecule has 0 saturated heterocycles. The minimum absolute atomic E-state index is 0.0562. The Kier molecular flexibility index (Phi) is 17.3. The van der Waals surface area contributed by atoms with E-state index in [1.165, 1.54) is 44.9 Å². The lowest BCUT2D eigenvalue weighted by molar-refractivity contribution is 0.0949. The second kappa shape index (κ2) is 20.8. The van der Waals surface area contributed by atoms with Gasteiger partial charge in [0, 0.05) is 43.3 Å². The number of unbranched alkanes of at least 4 members (excludes halogenated alkanes) is 12. The molecule has 0 fully saturated rings. The molecule has 1 aromatic heterocycles. The van der Waals surface area contributed by atoms with Gasteiger partial charge in [-0.3, -0.25) is 4.79 Å². The summed E-state index contributed by atoms with van der Waals surface area (Å²) in [5.41, 5.74) is 0.954. The number of ether oxygens (including phenoxy) is 1. The summed E-state index contributed by atoms with van der Waals surface area (Å²) in [5, 5.41) is 6.43. The molecule has 0 atom stereocenters. The SMILES string of the molecule is CCCCCCNC(=O)OCCCCCCCCCCCCNC(=O)c1cc2ccc(N(CC)CC)cc2oc1=O. The Labute approximate surface area is 246 Å². The molecule has 8 heteroatoms. The number of nitrogens with zero attached hydrogens (tertiary/aromatic N) is 1. The fourth-order valence-corrected chi connectivity index (χ4v) is 4.94. The number of nitrogens with one attached hydrogen (secondary N) is 2. The maximum Gasteiger partial charge on any atom is 0.407 e. The molecule has 0 unspecified atom stereocenters. The van der Waals surface area contributed by atoms with E-state index in [0.29, 0.717) is 25.3 Å². The number of amides is 2. The van der Waals surface area contributed by atoms with E-state index in [2.05, 4.69) is 36.3 Å². The van der Waals surface area contributed by atoms with Gasteiger partial charge >= 0.3 is 11.7 Å². The minimum Gasteiger partial charge on any atom is -0.450 e. The molecule has 0 aliphatic carbocycles. The van der Waals surface area contributed by atoms with Gasteiger partial charge in [0.2, 0.25) is 0 Å². The molecule has 0 radical (unpaired) electrons. The van der Waals surface area contributed by atoms with Crippen LogP contribution in [0.4, 0.5) is 10.5 Å². The fraction of sp³-hybridized carbons (Fsp3) is 0.667. The van der Waals surface area contributed by atoms with Crippen molar-refractivity contribution in [2.75, 3.05) is 37.7 Å². The third-order valence-corrected chi connectivity index (χ3v) is 7.48. The molecule has 8 nitrogen and oxygen atoms in total. The van der Waals surface area contributed by atoms with E-state index >= 15 is 0 Å². The maximum atomic E-state index is 12.6. The molecule has 0 aliphatic heterocycles. The molecule has 2 N–H and O–H groups in total. The summed E-state index contributed by atoms with van der Waals surface area (Å²) in [5.74, 6) is -0.373. The van der Waals surface area contributed by atoms with Crippen LogP contribution >= 0.6 is 0 Å². The summed E-state index contributed by atoms with van der Waals surface area (Å²) < 4.78 is 10.7. The van der Waals surface area contributed by atoms with E-state index in [1.54, 1.807) is 6.07 Å². The molecule has 0 saturated carbocycles. The number of carbonyl (C=O) groups excluding carboxylic acids is 2. The van der Waals surface area contributed by atoms with E-state index in [0.717, 1.165) is 69.1 Å². The molecule has 0 aliphatic rings. The van der Waals surface area contributed by atoms with Crippen LogP contribution in [0.25, 0.3) is 11.0 Å². The van der Waals surface area contributed by atoms with Gasteiger partial charge in [-0.25, -0.2) is 9.59 Å². The molecular weight excluding hydrogens is 518 g/mol. The van der Waals surface area contributed by atoms with Gasteiger partial charge in [0.05, 0.1) is 6.61 Å². The van der Waals surface area contributed by atoms with E-state index in [-0.39, 0.29) is 17.6 Å². The first kappa shape index (κ1) is 34.2. The predicted molar refractivity (Wildman–Crippen MR) is 168 cm³/mol. The maximum absolute atomic E-state index is 12.6. The van der Waals surface area contributed by atoms with Crippen LogP contribution in [-0.4, -0.2) is 44.8 Å². The first-order valence-corrected chi connectivity index (χ1v) is 16.0. The normalized spacial score (nSPS) is 11.0. The average Bonchev–Trinajstić information content (AvgIpc) is 2.97. The van der Waals surface area contributed by atoms with Gasteiger partial charge in [0.15, 0.2) is 0 Å². The molecule has 0 spiro atoms. The number of hydrogen-bond donors (Lipinski definition) is 2. The van der Waals surface area contributed by atoms with Gasteiger partial charge < -0.3 is 24.7 Å². The highest BCUT2D eigenvalue weighted by atomic mass is 16.5. The second-order valence-electron chi connectivity index (χ2n) is 10.8. The molecule has 0 bridgehead atoms. The lowest BCUT2D eigenvalue weighted by atomic mass is 10.1. The summed E-state index contributed by atoms with van der Waals surface area (Å²) in [4.78, 5) is 38.8. The Bertz CT molecular complexity index is 1080. The van der Waals surface area contributed by atoms with Crippen LogP contribution < -0.4 is 21.2 Å². The van der Waals surface area contributed by atoms with Crippen LogP contribution in [0.15, 0.2) is 33.5 Å². The van der Waals surface area contributed by atoms with Crippen molar-refractivity contribution in [2.45, 2.75) is 111 Å². The van der Waals surface area contributed by atoms with E-state index in [9.17, 15) is 14.4 Å². The van der Waals surface area contributed by atoms with Crippen molar-refractivity contribution in [3.63, 3.8) is 0 Å². The van der Waals surface area contributed by atoms with E-state index in [1.807, 2.05) is 18.2 Å². The Morgan fingerprint density at radius 3 is 1.98 bits per heavy atom. The monoisotopic (exact) mass is 571 g/mol. The molecule has 230 valence electrons. The summed E-state index contributed by atoms with van der Waals surface area (Å²) >= 11 is 0. The van der Waals surface area contributed by atoms with Crippen LogP contribution in [0.1, 0.15) is 121 Å². The van der Waals surface area contributed by atoms with Crippen LogP contribution in [0.5, 0.6) is 0 Å². The Morgan fingerprint density at radius 2 is 1.34 bits per heavy atom. The van der Waals surface area contributed by atoms with Crippen molar-refractivity contribution < 1.29 is 18.7 Å². The first-order chi connectivity index (χ1) is 20.0. The zero-order valence-electron chi connectivity index (χ0n) is 25.7. The van der Waals surface area contributed by atoms with Crippen molar-refractivity contribution in [2.24, 2.45) is 0 Å². The Balaban J connectivity index is 1.48. The average molecular weight is 572 g/mol. The van der Waals surface area contributed by atoms with Crippen molar-refractivity contribution in [1.82, 2.24) is 10.6 Å². The molecule has 1 aromatic carbocycles. The summed E-state index contributed by atoms with van der Waals surface area (Å²) in [7, 11) is 0. The van der Waals surface area contributed by atoms with Gasteiger partial charge in [0.1, 0.15) is 11.1 Å². The topological polar surface area (TPSA) is 101 Å². The zero-order chi connectivity index (χ0) is 29.7. The summed E-state index contributed by atoms with van der Waals surface area (Å²) in [6, 6.07) is 7.38. The van der Waals surface area contributed by atoms with Gasteiger partial charge in [-0.2, -0.15) is 0 Å². The number of carbonyl (C=O) groups is 2. The van der Waals surface area contributed by atoms with Crippen LogP contribution in [0.2, 0.25) is 0 Å². The van der Waals surface area contributed by atoms with Crippen molar-refractivity contribution in [3.05, 3.63) is 40.2 Å². The van der Waals surface area contributed by atoms with Crippen molar-refractivity contribution in [1.29, 1.82) is 0 Å². The first-order valence-electron chi connectivity index (χ1n) is 16.0. The number of anilines is 1. The number of fused-ring (bicyclic) bond motifs is 1. The van der Waals surface area contributed by atoms with Gasteiger partial charge in [0.25, 0.3) is 5.91 Å². The van der Waals surface area contributed by atoms with Gasteiger partial charge in [-0.1, -0.05) is 77.6 Å². The molecular formula is C33H53N3O5. The van der Waals surface area contributed by atoms with Crippen molar-refractivity contribution >= 4 is 28.7 Å². The highest BCUT2D eigenvalue weighted by molar-refractivity contribution is 5.96. The largest absolute Gasteiger partial charge is 0.450 e. The van der Waals surface area contributed by atoms with Gasteiger partial charge in [-0.05, 0) is 51.3 Å².